The quantitative estimate of drug-likeness (QED) is 0.305. The fraction of sp³-hybridized carbons (Fsp3) is 0.458. The van der Waals surface area contributed by atoms with E-state index in [1.807, 2.05) is 0 Å². The van der Waals surface area contributed by atoms with E-state index in [1.54, 1.807) is 0 Å². The molecular formula is C24H35N3S+2. The van der Waals surface area contributed by atoms with E-state index in [2.05, 4.69) is 104 Å². The van der Waals surface area contributed by atoms with Crippen LogP contribution < -0.4 is 9.47 Å². The second-order valence-corrected chi connectivity index (χ2v) is 8.90. The van der Waals surface area contributed by atoms with Gasteiger partial charge in [0.2, 0.25) is 5.69 Å². The summed E-state index contributed by atoms with van der Waals surface area (Å²) in [5.41, 5.74) is 3.86. The molecule has 0 spiro atoms. The first-order valence-electron chi connectivity index (χ1n) is 10.4. The Hall–Kier alpha value is -1.78. The Morgan fingerprint density at radius 3 is 2.68 bits per heavy atom. The molecule has 150 valence electrons. The second kappa shape index (κ2) is 9.62. The number of aryl methyl sites for hydroxylation is 1. The molecule has 0 radical (unpaired) electrons. The number of hydrogen-bond donors (Lipinski definition) is 1. The highest BCUT2D eigenvalue weighted by atomic mass is 32.1. The van der Waals surface area contributed by atoms with Crippen LogP contribution in [0.15, 0.2) is 48.7 Å². The molecule has 28 heavy (non-hydrogen) atoms. The number of likely N-dealkylation sites (N-methyl/N-ethyl adjacent to an activating group) is 1. The molecule has 2 aromatic rings. The third kappa shape index (κ3) is 5.18. The number of nitrogens with zero attached hydrogens (tertiary/aromatic N) is 3. The van der Waals surface area contributed by atoms with Crippen molar-refractivity contribution in [2.24, 2.45) is 7.05 Å². The smallest absolute Gasteiger partial charge is 0.204 e. The maximum absolute atomic E-state index is 4.36. The summed E-state index contributed by atoms with van der Waals surface area (Å²) in [5.74, 6) is 0.996. The standard InChI is InChI=1S/C24H34N3S/c1-25-16-7-6-11-22(25)14-13-21-10-4-5-12-24(21)26-17-15-23(20-26)27(2,3)18-8-9-19-28/h4-7,10-14,16,23H,8-9,15,17-20H2,1-3H3/q+1/p+1. The lowest BCUT2D eigenvalue weighted by molar-refractivity contribution is -0.912. The van der Waals surface area contributed by atoms with Gasteiger partial charge < -0.3 is 9.38 Å². The van der Waals surface area contributed by atoms with Crippen LogP contribution in [0.1, 0.15) is 30.5 Å². The largest absolute Gasteiger partial charge is 0.365 e. The highest BCUT2D eigenvalue weighted by Gasteiger charge is 2.35. The van der Waals surface area contributed by atoms with Gasteiger partial charge in [-0.05, 0) is 42.4 Å². The number of unbranched alkanes of at least 4 members (excludes halogenated alkanes) is 1. The number of hydrogen-bond acceptors (Lipinski definition) is 2. The Morgan fingerprint density at radius 1 is 1.11 bits per heavy atom. The fourth-order valence-electron chi connectivity index (χ4n) is 4.15. The Balaban J connectivity index is 1.72. The van der Waals surface area contributed by atoms with Crippen molar-refractivity contribution >= 4 is 30.5 Å². The summed E-state index contributed by atoms with van der Waals surface area (Å²) in [6, 6.07) is 15.8. The van der Waals surface area contributed by atoms with Gasteiger partial charge in [-0.15, -0.1) is 0 Å². The Labute approximate surface area is 176 Å². The molecule has 1 aromatic carbocycles. The van der Waals surface area contributed by atoms with E-state index in [-0.39, 0.29) is 0 Å². The fourth-order valence-corrected chi connectivity index (χ4v) is 4.37. The molecular weight excluding hydrogens is 362 g/mol. The van der Waals surface area contributed by atoms with E-state index in [4.69, 9.17) is 0 Å². The van der Waals surface area contributed by atoms with Crippen LogP contribution in [0.5, 0.6) is 0 Å². The van der Waals surface area contributed by atoms with Crippen LogP contribution in [0.3, 0.4) is 0 Å². The predicted molar refractivity (Wildman–Crippen MR) is 124 cm³/mol. The van der Waals surface area contributed by atoms with Crippen molar-refractivity contribution in [2.75, 3.05) is 44.4 Å². The van der Waals surface area contributed by atoms with Crippen LogP contribution in [-0.2, 0) is 7.05 Å². The zero-order chi connectivity index (χ0) is 20.0. The maximum Gasteiger partial charge on any atom is 0.204 e. The van der Waals surface area contributed by atoms with Crippen molar-refractivity contribution in [3.8, 4) is 0 Å². The average molecular weight is 398 g/mol. The lowest BCUT2D eigenvalue weighted by Crippen LogP contribution is -2.50. The SMILES string of the molecule is C[n+]1ccccc1/C=C/c1ccccc1N1CCC([N+](C)(C)CCCCS)C1. The zero-order valence-electron chi connectivity index (χ0n) is 17.6. The molecule has 4 heteroatoms. The van der Waals surface area contributed by atoms with Crippen LogP contribution in [0.4, 0.5) is 5.69 Å². The third-order valence-corrected chi connectivity index (χ3v) is 6.42. The van der Waals surface area contributed by atoms with Gasteiger partial charge in [-0.1, -0.05) is 18.2 Å². The zero-order valence-corrected chi connectivity index (χ0v) is 18.5. The van der Waals surface area contributed by atoms with E-state index in [9.17, 15) is 0 Å². The minimum absolute atomic E-state index is 0.698. The van der Waals surface area contributed by atoms with Crippen LogP contribution in [0.2, 0.25) is 0 Å². The monoisotopic (exact) mass is 397 g/mol. The molecule has 0 N–H and O–H groups in total. The summed E-state index contributed by atoms with van der Waals surface area (Å²) in [4.78, 5) is 2.58. The van der Waals surface area contributed by atoms with Crippen molar-refractivity contribution < 1.29 is 9.05 Å². The third-order valence-electron chi connectivity index (χ3n) is 6.10. The molecule has 0 amide bonds. The van der Waals surface area contributed by atoms with Crippen molar-refractivity contribution in [2.45, 2.75) is 25.3 Å². The first-order valence-corrected chi connectivity index (χ1v) is 11.0. The van der Waals surface area contributed by atoms with E-state index in [0.717, 1.165) is 23.3 Å². The number of para-hydroxylation sites is 1. The molecule has 0 saturated carbocycles. The number of aromatic nitrogens is 1. The van der Waals surface area contributed by atoms with Gasteiger partial charge in [0.05, 0.1) is 27.2 Å². The molecule has 1 aromatic heterocycles. The minimum atomic E-state index is 0.698. The van der Waals surface area contributed by atoms with Crippen molar-refractivity contribution in [3.05, 3.63) is 59.9 Å². The van der Waals surface area contributed by atoms with Gasteiger partial charge in [-0.25, -0.2) is 4.57 Å². The van der Waals surface area contributed by atoms with E-state index >= 15 is 0 Å². The molecule has 2 heterocycles. The van der Waals surface area contributed by atoms with E-state index < -0.39 is 0 Å². The lowest BCUT2D eigenvalue weighted by Gasteiger charge is -2.36. The number of anilines is 1. The molecule has 0 aliphatic carbocycles. The highest BCUT2D eigenvalue weighted by molar-refractivity contribution is 7.80. The minimum Gasteiger partial charge on any atom is -0.365 e. The van der Waals surface area contributed by atoms with Gasteiger partial charge in [0, 0.05) is 36.9 Å². The average Bonchev–Trinajstić information content (AvgIpc) is 3.19. The molecule has 0 bridgehead atoms. The van der Waals surface area contributed by atoms with Crippen molar-refractivity contribution in [3.63, 3.8) is 0 Å². The molecule has 3 rings (SSSR count). The number of benzene rings is 1. The topological polar surface area (TPSA) is 7.12 Å². The van der Waals surface area contributed by atoms with Gasteiger partial charge in [-0.2, -0.15) is 12.6 Å². The van der Waals surface area contributed by atoms with Crippen molar-refractivity contribution in [1.29, 1.82) is 0 Å². The summed E-state index contributed by atoms with van der Waals surface area (Å²) in [6.07, 6.45) is 10.3. The maximum atomic E-state index is 4.36. The molecule has 1 saturated heterocycles. The number of rotatable bonds is 8. The molecule has 1 aliphatic heterocycles. The summed E-state index contributed by atoms with van der Waals surface area (Å²) in [7, 11) is 6.88. The number of quaternary nitrogens is 1. The summed E-state index contributed by atoms with van der Waals surface area (Å²) in [6.45, 7) is 3.52. The number of pyridine rings is 1. The predicted octanol–water partition coefficient (Wildman–Crippen LogP) is 4.05. The van der Waals surface area contributed by atoms with Gasteiger partial charge in [0.15, 0.2) is 6.20 Å². The van der Waals surface area contributed by atoms with E-state index in [1.165, 1.54) is 42.8 Å². The van der Waals surface area contributed by atoms with Gasteiger partial charge >= 0.3 is 0 Å². The van der Waals surface area contributed by atoms with Crippen LogP contribution in [-0.4, -0.2) is 50.0 Å². The van der Waals surface area contributed by atoms with Crippen molar-refractivity contribution in [1.82, 2.24) is 0 Å². The highest BCUT2D eigenvalue weighted by Crippen LogP contribution is 2.29. The van der Waals surface area contributed by atoms with Crippen LogP contribution in [0.25, 0.3) is 12.2 Å². The summed E-state index contributed by atoms with van der Waals surface area (Å²) >= 11 is 4.36. The van der Waals surface area contributed by atoms with Gasteiger partial charge in [0.1, 0.15) is 13.1 Å². The Morgan fingerprint density at radius 2 is 1.89 bits per heavy atom. The molecule has 1 unspecified atom stereocenters. The first-order chi connectivity index (χ1) is 13.5. The Bertz CT molecular complexity index is 800. The van der Waals surface area contributed by atoms with E-state index in [0.29, 0.717) is 6.04 Å². The lowest BCUT2D eigenvalue weighted by atomic mass is 10.1. The van der Waals surface area contributed by atoms with Crippen LogP contribution >= 0.6 is 12.6 Å². The second-order valence-electron chi connectivity index (χ2n) is 8.45. The molecule has 1 fully saturated rings. The number of thiol groups is 1. The Kier molecular flexibility index (Phi) is 7.19. The molecule has 3 nitrogen and oxygen atoms in total. The van der Waals surface area contributed by atoms with Gasteiger partial charge in [-0.3, -0.25) is 0 Å². The van der Waals surface area contributed by atoms with Gasteiger partial charge in [0.25, 0.3) is 0 Å². The summed E-state index contributed by atoms with van der Waals surface area (Å²) in [5, 5.41) is 0. The molecule has 1 atom stereocenters. The van der Waals surface area contributed by atoms with Crippen LogP contribution in [0, 0.1) is 0 Å². The molecule has 1 aliphatic rings. The first kappa shape index (κ1) is 20.9. The summed E-state index contributed by atoms with van der Waals surface area (Å²) < 4.78 is 3.26. The normalized spacial score (nSPS) is 17.6.